The van der Waals surface area contributed by atoms with E-state index in [2.05, 4.69) is 30.6 Å². The van der Waals surface area contributed by atoms with Crippen LogP contribution in [0.1, 0.15) is 45.1 Å². The summed E-state index contributed by atoms with van der Waals surface area (Å²) in [5.41, 5.74) is 0.490. The van der Waals surface area contributed by atoms with Gasteiger partial charge in [0.25, 0.3) is 0 Å². The molecule has 0 aliphatic carbocycles. The van der Waals surface area contributed by atoms with Crippen molar-refractivity contribution in [1.82, 2.24) is 10.6 Å². The Morgan fingerprint density at radius 1 is 1.23 bits per heavy atom. The van der Waals surface area contributed by atoms with Gasteiger partial charge in [0.1, 0.15) is 0 Å². The smallest absolute Gasteiger partial charge is 0.161 e. The molecule has 5 nitrogen and oxygen atoms in total. The second-order valence-corrected chi connectivity index (χ2v) is 7.39. The number of hydrogen-bond acceptors (Lipinski definition) is 5. The molecule has 1 atom stereocenters. The minimum absolute atomic E-state index is 0.212. The first-order chi connectivity index (χ1) is 12.6. The lowest BCUT2D eigenvalue weighted by molar-refractivity contribution is 0.332. The summed E-state index contributed by atoms with van der Waals surface area (Å²) in [6.07, 6.45) is 4.17. The van der Waals surface area contributed by atoms with Gasteiger partial charge in [0.2, 0.25) is 0 Å². The minimum Gasteiger partial charge on any atom is -0.493 e. The van der Waals surface area contributed by atoms with E-state index in [4.69, 9.17) is 9.47 Å². The third-order valence-corrected chi connectivity index (χ3v) is 5.60. The third-order valence-electron chi connectivity index (χ3n) is 5.60. The fourth-order valence-corrected chi connectivity index (χ4v) is 3.83. The number of benzene rings is 1. The van der Waals surface area contributed by atoms with E-state index in [1.54, 1.807) is 14.2 Å². The normalized spacial score (nSPS) is 17.5. The van der Waals surface area contributed by atoms with Crippen LogP contribution in [0.2, 0.25) is 0 Å². The summed E-state index contributed by atoms with van der Waals surface area (Å²) in [6, 6.07) is 9.09. The molecule has 0 saturated carbocycles. The molecule has 2 rings (SSSR count). The topological polar surface area (TPSA) is 66.3 Å². The van der Waals surface area contributed by atoms with Gasteiger partial charge in [-0.05, 0) is 68.9 Å². The Kier molecular flexibility index (Phi) is 7.74. The van der Waals surface area contributed by atoms with Crippen LogP contribution in [0.5, 0.6) is 11.5 Å². The lowest BCUT2D eigenvalue weighted by atomic mass is 9.69. The summed E-state index contributed by atoms with van der Waals surface area (Å²) in [5, 5.41) is 17.1. The van der Waals surface area contributed by atoms with Gasteiger partial charge in [-0.15, -0.1) is 0 Å². The minimum atomic E-state index is -0.519. The molecule has 1 unspecified atom stereocenters. The van der Waals surface area contributed by atoms with Crippen LogP contribution in [-0.4, -0.2) is 39.9 Å². The molecule has 1 heterocycles. The lowest BCUT2D eigenvalue weighted by Crippen LogP contribution is -2.40. The Balaban J connectivity index is 2.08. The maximum absolute atomic E-state index is 10.1. The summed E-state index contributed by atoms with van der Waals surface area (Å²) < 4.78 is 10.8. The highest BCUT2D eigenvalue weighted by Gasteiger charge is 2.36. The number of hydrogen-bond donors (Lipinski definition) is 2. The van der Waals surface area contributed by atoms with Gasteiger partial charge in [0.05, 0.1) is 25.7 Å². The van der Waals surface area contributed by atoms with Crippen LogP contribution in [-0.2, 0) is 5.41 Å². The van der Waals surface area contributed by atoms with E-state index in [1.165, 1.54) is 12.8 Å². The third kappa shape index (κ3) is 4.69. The summed E-state index contributed by atoms with van der Waals surface area (Å²) in [4.78, 5) is 0. The number of nitrogens with zero attached hydrogens (tertiary/aromatic N) is 1. The molecule has 1 saturated heterocycles. The van der Waals surface area contributed by atoms with Crippen molar-refractivity contribution in [3.8, 4) is 17.6 Å². The van der Waals surface area contributed by atoms with E-state index < -0.39 is 5.41 Å². The molecule has 26 heavy (non-hydrogen) atoms. The van der Waals surface area contributed by atoms with Crippen molar-refractivity contribution in [2.24, 2.45) is 5.92 Å². The summed E-state index contributed by atoms with van der Waals surface area (Å²) in [6.45, 7) is 7.39. The van der Waals surface area contributed by atoms with Crippen molar-refractivity contribution in [2.45, 2.75) is 51.0 Å². The number of nitrogens with one attached hydrogen (secondary N) is 2. The van der Waals surface area contributed by atoms with Crippen molar-refractivity contribution in [3.05, 3.63) is 23.8 Å². The highest BCUT2D eigenvalue weighted by Crippen LogP contribution is 2.40. The van der Waals surface area contributed by atoms with E-state index in [-0.39, 0.29) is 5.92 Å². The van der Waals surface area contributed by atoms with E-state index >= 15 is 0 Å². The van der Waals surface area contributed by atoms with E-state index in [1.807, 2.05) is 18.2 Å². The highest BCUT2D eigenvalue weighted by molar-refractivity contribution is 5.47. The van der Waals surface area contributed by atoms with Crippen LogP contribution < -0.4 is 20.1 Å². The Morgan fingerprint density at radius 2 is 1.92 bits per heavy atom. The van der Waals surface area contributed by atoms with Gasteiger partial charge < -0.3 is 20.1 Å². The molecular formula is C21H33N3O2. The van der Waals surface area contributed by atoms with Crippen molar-refractivity contribution < 1.29 is 9.47 Å². The number of nitriles is 1. The van der Waals surface area contributed by atoms with Crippen LogP contribution in [0.3, 0.4) is 0 Å². The zero-order valence-corrected chi connectivity index (χ0v) is 16.6. The maximum Gasteiger partial charge on any atom is 0.161 e. The first-order valence-electron chi connectivity index (χ1n) is 9.65. The average Bonchev–Trinajstić information content (AvgIpc) is 2.68. The van der Waals surface area contributed by atoms with Gasteiger partial charge in [0, 0.05) is 6.04 Å². The predicted octanol–water partition coefficient (Wildman–Crippen LogP) is 3.24. The Morgan fingerprint density at radius 3 is 2.50 bits per heavy atom. The predicted molar refractivity (Wildman–Crippen MR) is 105 cm³/mol. The molecular weight excluding hydrogens is 326 g/mol. The van der Waals surface area contributed by atoms with Crippen LogP contribution in [0.25, 0.3) is 0 Å². The Bertz CT molecular complexity index is 606. The largest absolute Gasteiger partial charge is 0.493 e. The van der Waals surface area contributed by atoms with Crippen molar-refractivity contribution in [2.75, 3.05) is 33.9 Å². The molecule has 1 aromatic rings. The molecule has 1 aliphatic rings. The molecule has 144 valence electrons. The van der Waals surface area contributed by atoms with Crippen molar-refractivity contribution in [1.29, 1.82) is 5.26 Å². The molecule has 0 spiro atoms. The number of rotatable bonds is 9. The van der Waals surface area contributed by atoms with Crippen molar-refractivity contribution >= 4 is 0 Å². The molecule has 0 amide bonds. The first-order valence-corrected chi connectivity index (χ1v) is 9.65. The molecule has 1 aromatic carbocycles. The Labute approximate surface area is 158 Å². The van der Waals surface area contributed by atoms with Gasteiger partial charge in [-0.25, -0.2) is 0 Å². The maximum atomic E-state index is 10.1. The summed E-state index contributed by atoms with van der Waals surface area (Å²) in [7, 11) is 3.26. The van der Waals surface area contributed by atoms with Gasteiger partial charge in [-0.1, -0.05) is 19.9 Å². The zero-order valence-electron chi connectivity index (χ0n) is 16.6. The standard InChI is InChI=1S/C21H33N3O2/c1-16(2)21(15-22,10-5-11-24-18-8-12-23-13-9-18)17-6-7-19(25-3)20(14-17)26-4/h6-7,14,16,18,23-24H,5,8-13H2,1-4H3. The van der Waals surface area contributed by atoms with Gasteiger partial charge in [-0.2, -0.15) is 5.26 Å². The second kappa shape index (κ2) is 9.80. The van der Waals surface area contributed by atoms with E-state index in [9.17, 15) is 5.26 Å². The molecule has 0 bridgehead atoms. The van der Waals surface area contributed by atoms with Crippen LogP contribution in [0.4, 0.5) is 0 Å². The molecule has 1 fully saturated rings. The monoisotopic (exact) mass is 359 g/mol. The fraction of sp³-hybridized carbons (Fsp3) is 0.667. The van der Waals surface area contributed by atoms with Gasteiger partial charge in [-0.3, -0.25) is 0 Å². The molecule has 1 aliphatic heterocycles. The SMILES string of the molecule is COc1ccc(C(C#N)(CCCNC2CCNCC2)C(C)C)cc1OC. The summed E-state index contributed by atoms with van der Waals surface area (Å²) in [5.74, 6) is 1.59. The summed E-state index contributed by atoms with van der Waals surface area (Å²) >= 11 is 0. The molecule has 0 radical (unpaired) electrons. The molecule has 2 N–H and O–H groups in total. The number of piperidine rings is 1. The number of methoxy groups -OCH3 is 2. The lowest BCUT2D eigenvalue weighted by Gasteiger charge is -2.32. The van der Waals surface area contributed by atoms with E-state index in [0.717, 1.165) is 38.0 Å². The van der Waals surface area contributed by atoms with Gasteiger partial charge in [0.15, 0.2) is 11.5 Å². The second-order valence-electron chi connectivity index (χ2n) is 7.39. The van der Waals surface area contributed by atoms with Crippen LogP contribution >= 0.6 is 0 Å². The number of ether oxygens (including phenoxy) is 2. The van der Waals surface area contributed by atoms with Gasteiger partial charge >= 0.3 is 0 Å². The van der Waals surface area contributed by atoms with E-state index in [0.29, 0.717) is 17.5 Å². The first kappa shape index (κ1) is 20.5. The average molecular weight is 360 g/mol. The molecule has 5 heteroatoms. The zero-order chi connectivity index (χ0) is 19.0. The molecule has 0 aromatic heterocycles. The van der Waals surface area contributed by atoms with Crippen LogP contribution in [0.15, 0.2) is 18.2 Å². The Hall–Kier alpha value is -1.77. The van der Waals surface area contributed by atoms with Crippen molar-refractivity contribution in [3.63, 3.8) is 0 Å². The quantitative estimate of drug-likeness (QED) is 0.663. The van der Waals surface area contributed by atoms with Crippen LogP contribution in [0, 0.1) is 17.2 Å². The fourth-order valence-electron chi connectivity index (χ4n) is 3.83. The highest BCUT2D eigenvalue weighted by atomic mass is 16.5.